The minimum atomic E-state index is -3.12. The number of sulfonamides is 1. The smallest absolute Gasteiger partial charge is 0.211 e. The molecular formula is C12H17N5O2S. The van der Waals surface area contributed by atoms with Crippen molar-refractivity contribution in [2.45, 2.75) is 13.0 Å². The van der Waals surface area contributed by atoms with E-state index in [1.54, 1.807) is 12.4 Å². The molecule has 1 fully saturated rings. The third kappa shape index (κ3) is 2.36. The molecule has 1 saturated heterocycles. The van der Waals surface area contributed by atoms with Crippen molar-refractivity contribution in [2.24, 2.45) is 0 Å². The summed E-state index contributed by atoms with van der Waals surface area (Å²) in [7, 11) is -3.12. The average Bonchev–Trinajstić information content (AvgIpc) is 2.84. The van der Waals surface area contributed by atoms with Crippen molar-refractivity contribution in [3.05, 3.63) is 18.5 Å². The lowest BCUT2D eigenvalue weighted by molar-refractivity contribution is 0.343. The van der Waals surface area contributed by atoms with Gasteiger partial charge in [0.25, 0.3) is 0 Å². The van der Waals surface area contributed by atoms with Crippen LogP contribution in [-0.2, 0) is 10.0 Å². The first kappa shape index (κ1) is 13.3. The topological polar surface area (TPSA) is 82.2 Å². The van der Waals surface area contributed by atoms with Gasteiger partial charge < -0.3 is 4.90 Å². The van der Waals surface area contributed by atoms with Gasteiger partial charge in [-0.1, -0.05) is 0 Å². The van der Waals surface area contributed by atoms with Gasteiger partial charge in [-0.15, -0.1) is 0 Å². The van der Waals surface area contributed by atoms with Gasteiger partial charge in [0.15, 0.2) is 0 Å². The van der Waals surface area contributed by atoms with E-state index < -0.39 is 10.0 Å². The molecule has 0 saturated carbocycles. The van der Waals surface area contributed by atoms with Crippen molar-refractivity contribution >= 4 is 26.7 Å². The highest BCUT2D eigenvalue weighted by molar-refractivity contribution is 7.88. The number of nitrogens with one attached hydrogen (secondary N) is 1. The summed E-state index contributed by atoms with van der Waals surface area (Å²) >= 11 is 0. The lowest BCUT2D eigenvalue weighted by atomic mass is 10.2. The molecule has 1 N–H and O–H groups in total. The summed E-state index contributed by atoms with van der Waals surface area (Å²) in [5.41, 5.74) is 0.899. The molecule has 2 aromatic rings. The van der Waals surface area contributed by atoms with Crippen molar-refractivity contribution in [3.63, 3.8) is 0 Å². The van der Waals surface area contributed by atoms with Gasteiger partial charge in [-0.05, 0) is 13.0 Å². The van der Waals surface area contributed by atoms with Crippen LogP contribution in [0.5, 0.6) is 0 Å². The van der Waals surface area contributed by atoms with Gasteiger partial charge in [0.05, 0.1) is 24.2 Å². The molecule has 0 spiro atoms. The second-order valence-corrected chi connectivity index (χ2v) is 7.15. The quantitative estimate of drug-likeness (QED) is 0.868. The fourth-order valence-corrected chi connectivity index (χ4v) is 3.45. The van der Waals surface area contributed by atoms with E-state index in [1.165, 1.54) is 10.6 Å². The van der Waals surface area contributed by atoms with Gasteiger partial charge in [-0.2, -0.15) is 9.40 Å². The molecule has 2 aromatic heterocycles. The van der Waals surface area contributed by atoms with E-state index in [9.17, 15) is 8.42 Å². The largest absolute Gasteiger partial charge is 0.351 e. The first-order valence-corrected chi connectivity index (χ1v) is 8.31. The summed E-state index contributed by atoms with van der Waals surface area (Å²) in [4.78, 5) is 6.56. The maximum absolute atomic E-state index is 11.6. The second-order valence-electron chi connectivity index (χ2n) is 5.16. The minimum Gasteiger partial charge on any atom is -0.351 e. The van der Waals surface area contributed by atoms with Crippen molar-refractivity contribution in [3.8, 4) is 0 Å². The number of hydrogen-bond acceptors (Lipinski definition) is 5. The van der Waals surface area contributed by atoms with Gasteiger partial charge in [0, 0.05) is 31.1 Å². The van der Waals surface area contributed by atoms with Crippen LogP contribution >= 0.6 is 0 Å². The Balaban J connectivity index is 1.84. The Labute approximate surface area is 117 Å². The molecule has 0 amide bonds. The van der Waals surface area contributed by atoms with Crippen LogP contribution in [-0.4, -0.2) is 59.8 Å². The lowest BCUT2D eigenvalue weighted by Gasteiger charge is -2.39. The van der Waals surface area contributed by atoms with Crippen LogP contribution < -0.4 is 4.90 Å². The minimum absolute atomic E-state index is 0.0929. The van der Waals surface area contributed by atoms with Crippen LogP contribution in [0.15, 0.2) is 18.5 Å². The third-order valence-corrected chi connectivity index (χ3v) is 4.93. The molecule has 3 rings (SSSR count). The number of piperazine rings is 1. The Morgan fingerprint density at radius 3 is 2.85 bits per heavy atom. The number of nitrogens with zero attached hydrogens (tertiary/aromatic N) is 4. The number of hydrogen-bond donors (Lipinski definition) is 1. The molecule has 20 heavy (non-hydrogen) atoms. The van der Waals surface area contributed by atoms with E-state index in [0.29, 0.717) is 19.6 Å². The van der Waals surface area contributed by atoms with Gasteiger partial charge in [-0.25, -0.2) is 13.4 Å². The van der Waals surface area contributed by atoms with E-state index in [1.807, 2.05) is 13.0 Å². The number of anilines is 1. The predicted molar refractivity (Wildman–Crippen MR) is 77.1 cm³/mol. The Bertz CT molecular complexity index is 726. The van der Waals surface area contributed by atoms with Crippen LogP contribution in [0.1, 0.15) is 6.92 Å². The Morgan fingerprint density at radius 2 is 2.15 bits per heavy atom. The van der Waals surface area contributed by atoms with Crippen molar-refractivity contribution in [1.29, 1.82) is 0 Å². The zero-order valence-corrected chi connectivity index (χ0v) is 12.3. The number of fused-ring (bicyclic) bond motifs is 1. The highest BCUT2D eigenvalue weighted by Gasteiger charge is 2.29. The molecule has 0 bridgehead atoms. The van der Waals surface area contributed by atoms with E-state index >= 15 is 0 Å². The summed E-state index contributed by atoms with van der Waals surface area (Å²) < 4.78 is 24.7. The molecule has 8 heteroatoms. The molecule has 1 aliphatic rings. The molecule has 1 atom stereocenters. The molecule has 3 heterocycles. The summed E-state index contributed by atoms with van der Waals surface area (Å²) in [6.45, 7) is 3.64. The Kier molecular flexibility index (Phi) is 3.14. The highest BCUT2D eigenvalue weighted by Crippen LogP contribution is 2.22. The Hall–Kier alpha value is -1.67. The number of rotatable bonds is 2. The van der Waals surface area contributed by atoms with Crippen molar-refractivity contribution in [1.82, 2.24) is 19.5 Å². The molecule has 0 aromatic carbocycles. The van der Waals surface area contributed by atoms with E-state index in [0.717, 1.165) is 16.7 Å². The van der Waals surface area contributed by atoms with Crippen LogP contribution in [0, 0.1) is 0 Å². The number of aromatic nitrogens is 3. The van der Waals surface area contributed by atoms with Crippen LogP contribution in [0.2, 0.25) is 0 Å². The number of aromatic amines is 1. The van der Waals surface area contributed by atoms with Crippen LogP contribution in [0.3, 0.4) is 0 Å². The summed E-state index contributed by atoms with van der Waals surface area (Å²) in [5.74, 6) is 0.861. The fourth-order valence-electron chi connectivity index (χ4n) is 2.55. The molecule has 1 aliphatic heterocycles. The molecule has 108 valence electrons. The molecule has 0 radical (unpaired) electrons. The molecule has 7 nitrogen and oxygen atoms in total. The first-order chi connectivity index (χ1) is 9.45. The molecule has 0 aliphatic carbocycles. The maximum atomic E-state index is 11.6. The van der Waals surface area contributed by atoms with E-state index in [2.05, 4.69) is 20.1 Å². The number of pyridine rings is 1. The van der Waals surface area contributed by atoms with Gasteiger partial charge in [0.2, 0.25) is 10.0 Å². The molecular weight excluding hydrogens is 278 g/mol. The summed E-state index contributed by atoms with van der Waals surface area (Å²) in [6, 6.07) is 2.07. The predicted octanol–water partition coefficient (Wildman–Crippen LogP) is 0.428. The lowest BCUT2D eigenvalue weighted by Crippen LogP contribution is -2.53. The Morgan fingerprint density at radius 1 is 1.35 bits per heavy atom. The third-order valence-electron chi connectivity index (χ3n) is 3.66. The van der Waals surface area contributed by atoms with Gasteiger partial charge in [-0.3, -0.25) is 5.10 Å². The van der Waals surface area contributed by atoms with Crippen LogP contribution in [0.4, 0.5) is 5.82 Å². The van der Waals surface area contributed by atoms with Crippen molar-refractivity contribution in [2.75, 3.05) is 30.8 Å². The summed E-state index contributed by atoms with van der Waals surface area (Å²) in [5, 5.41) is 7.86. The maximum Gasteiger partial charge on any atom is 0.211 e. The molecule has 1 unspecified atom stereocenters. The normalized spacial score (nSPS) is 21.5. The standard InChI is InChI=1S/C12H17N5O2S/c1-9-8-16(20(2,18)19)3-4-17(9)12-5-10-6-14-15-11(10)7-13-12/h5-7,9H,3-4,8H2,1-2H3,(H,14,15). The van der Waals surface area contributed by atoms with Crippen LogP contribution in [0.25, 0.3) is 10.9 Å². The first-order valence-electron chi connectivity index (χ1n) is 6.46. The van der Waals surface area contributed by atoms with Gasteiger partial charge in [0.1, 0.15) is 5.82 Å². The zero-order valence-electron chi connectivity index (χ0n) is 11.4. The van der Waals surface area contributed by atoms with E-state index in [4.69, 9.17) is 0 Å². The average molecular weight is 295 g/mol. The SMILES string of the molecule is CC1CN(S(C)(=O)=O)CCN1c1cc2cn[nH]c2cn1. The number of H-pyrrole nitrogens is 1. The van der Waals surface area contributed by atoms with E-state index in [-0.39, 0.29) is 6.04 Å². The van der Waals surface area contributed by atoms with Crippen molar-refractivity contribution < 1.29 is 8.42 Å². The summed E-state index contributed by atoms with van der Waals surface area (Å²) in [6.07, 6.45) is 4.77. The van der Waals surface area contributed by atoms with Gasteiger partial charge >= 0.3 is 0 Å². The monoisotopic (exact) mass is 295 g/mol. The fraction of sp³-hybridized carbons (Fsp3) is 0.500. The second kappa shape index (κ2) is 4.71. The zero-order chi connectivity index (χ0) is 14.3. The highest BCUT2D eigenvalue weighted by atomic mass is 32.2.